The molecule has 1 saturated heterocycles. The average Bonchev–Trinajstić information content (AvgIpc) is 3.58. The van der Waals surface area contributed by atoms with Crippen molar-refractivity contribution in [2.24, 2.45) is 0 Å². The molecular weight excluding hydrogens is 462 g/mol. The number of pyridine rings is 3. The lowest BCUT2D eigenvalue weighted by atomic mass is 10.0. The Morgan fingerprint density at radius 3 is 2.54 bits per heavy atom. The summed E-state index contributed by atoms with van der Waals surface area (Å²) < 4.78 is 6.23. The highest BCUT2D eigenvalue weighted by molar-refractivity contribution is 6.00. The molecule has 0 radical (unpaired) electrons. The highest BCUT2D eigenvalue weighted by Crippen LogP contribution is 2.34. The minimum atomic E-state index is 0.231. The number of rotatable bonds is 5. The van der Waals surface area contributed by atoms with Gasteiger partial charge in [-0.25, -0.2) is 0 Å². The van der Waals surface area contributed by atoms with Crippen molar-refractivity contribution in [3.8, 4) is 39.5 Å². The second-order valence-corrected chi connectivity index (χ2v) is 9.35. The van der Waals surface area contributed by atoms with Crippen LogP contribution in [-0.4, -0.2) is 49.3 Å². The van der Waals surface area contributed by atoms with E-state index >= 15 is 0 Å². The highest BCUT2D eigenvalue weighted by atomic mass is 16.5. The zero-order valence-corrected chi connectivity index (χ0v) is 20.1. The molecule has 1 aliphatic heterocycles. The average molecular weight is 488 g/mol. The van der Waals surface area contributed by atoms with Gasteiger partial charge in [-0.3, -0.25) is 20.1 Å². The van der Waals surface area contributed by atoms with Gasteiger partial charge in [-0.1, -0.05) is 6.07 Å². The Bertz CT molecular complexity index is 1700. The number of aromatic amines is 2. The van der Waals surface area contributed by atoms with E-state index in [1.807, 2.05) is 36.8 Å². The smallest absolute Gasteiger partial charge is 0.138 e. The Labute approximate surface area is 213 Å². The Balaban J connectivity index is 1.26. The molecule has 1 aliphatic rings. The third kappa shape index (κ3) is 4.11. The number of benzene rings is 1. The third-order valence-corrected chi connectivity index (χ3v) is 6.94. The second-order valence-electron chi connectivity index (χ2n) is 9.35. The summed E-state index contributed by atoms with van der Waals surface area (Å²) in [4.78, 5) is 16.9. The number of H-pyrrole nitrogens is 2. The van der Waals surface area contributed by atoms with Crippen LogP contribution in [0.1, 0.15) is 12.8 Å². The van der Waals surface area contributed by atoms with E-state index in [2.05, 4.69) is 65.8 Å². The third-order valence-electron chi connectivity index (χ3n) is 6.94. The second kappa shape index (κ2) is 9.15. The summed E-state index contributed by atoms with van der Waals surface area (Å²) in [6, 6.07) is 16.4. The lowest BCUT2D eigenvalue weighted by Crippen LogP contribution is -2.34. The van der Waals surface area contributed by atoms with Crippen molar-refractivity contribution in [3.05, 3.63) is 79.5 Å². The lowest BCUT2D eigenvalue weighted by molar-refractivity contribution is 0.162. The van der Waals surface area contributed by atoms with E-state index < -0.39 is 0 Å². The number of piperidine rings is 1. The van der Waals surface area contributed by atoms with Crippen LogP contribution >= 0.6 is 0 Å². The summed E-state index contributed by atoms with van der Waals surface area (Å²) in [6.07, 6.45) is 11.4. The Kier molecular flexibility index (Phi) is 5.36. The molecular formula is C29H25N7O. The first-order chi connectivity index (χ1) is 18.3. The van der Waals surface area contributed by atoms with E-state index in [0.29, 0.717) is 0 Å². The van der Waals surface area contributed by atoms with E-state index in [0.717, 1.165) is 87.3 Å². The van der Waals surface area contributed by atoms with Gasteiger partial charge in [0.15, 0.2) is 0 Å². The molecule has 0 spiro atoms. The molecule has 8 nitrogen and oxygen atoms in total. The van der Waals surface area contributed by atoms with Gasteiger partial charge in [-0.2, -0.15) is 5.10 Å². The van der Waals surface area contributed by atoms with E-state index in [9.17, 15) is 0 Å². The van der Waals surface area contributed by atoms with Crippen LogP contribution in [0, 0.1) is 0 Å². The molecule has 6 heterocycles. The predicted octanol–water partition coefficient (Wildman–Crippen LogP) is 5.36. The quantitative estimate of drug-likeness (QED) is 0.302. The minimum absolute atomic E-state index is 0.231. The topological polar surface area (TPSA) is 104 Å². The first-order valence-corrected chi connectivity index (χ1v) is 12.5. The zero-order chi connectivity index (χ0) is 24.6. The van der Waals surface area contributed by atoms with Gasteiger partial charge in [0.25, 0.3) is 0 Å². The Morgan fingerprint density at radius 2 is 1.65 bits per heavy atom. The number of fused-ring (bicyclic) bond motifs is 2. The van der Waals surface area contributed by atoms with Crippen LogP contribution < -0.4 is 10.1 Å². The van der Waals surface area contributed by atoms with Crippen LogP contribution in [-0.2, 0) is 0 Å². The molecule has 182 valence electrons. The van der Waals surface area contributed by atoms with Crippen LogP contribution in [0.4, 0.5) is 0 Å². The normalized spacial score (nSPS) is 14.4. The van der Waals surface area contributed by atoms with Crippen molar-refractivity contribution < 1.29 is 4.74 Å². The molecule has 1 fully saturated rings. The number of nitrogens with zero attached hydrogens (tertiary/aromatic N) is 4. The van der Waals surface area contributed by atoms with E-state index in [4.69, 9.17) is 4.74 Å². The number of hydrogen-bond acceptors (Lipinski definition) is 6. The largest absolute Gasteiger partial charge is 0.489 e. The lowest BCUT2D eigenvalue weighted by Gasteiger charge is -2.23. The maximum absolute atomic E-state index is 6.23. The fourth-order valence-corrected chi connectivity index (χ4v) is 5.06. The van der Waals surface area contributed by atoms with Gasteiger partial charge in [-0.05, 0) is 74.0 Å². The van der Waals surface area contributed by atoms with Crippen molar-refractivity contribution in [3.63, 3.8) is 0 Å². The maximum Gasteiger partial charge on any atom is 0.138 e. The Hall–Kier alpha value is -4.56. The number of nitrogens with one attached hydrogen (secondary N) is 3. The van der Waals surface area contributed by atoms with Crippen molar-refractivity contribution in [2.75, 3.05) is 13.1 Å². The SMILES string of the molecule is c1cncc(-c2nccc3[nH]c(-c4n[nH]c5ccc(-c6cncc(OC7CCNCC7)c6)cc45)cc23)c1. The molecule has 7 rings (SSSR count). The van der Waals surface area contributed by atoms with E-state index in [1.165, 1.54) is 0 Å². The molecule has 6 aromatic rings. The fraction of sp³-hybridized carbons (Fsp3) is 0.172. The number of ether oxygens (including phenoxy) is 1. The molecule has 0 bridgehead atoms. The van der Waals surface area contributed by atoms with Crippen LogP contribution in [0.2, 0.25) is 0 Å². The first-order valence-electron chi connectivity index (χ1n) is 12.5. The van der Waals surface area contributed by atoms with Crippen LogP contribution in [0.3, 0.4) is 0 Å². The molecule has 5 aromatic heterocycles. The van der Waals surface area contributed by atoms with E-state index in [-0.39, 0.29) is 6.10 Å². The molecule has 3 N–H and O–H groups in total. The minimum Gasteiger partial charge on any atom is -0.489 e. The molecule has 0 unspecified atom stereocenters. The summed E-state index contributed by atoms with van der Waals surface area (Å²) >= 11 is 0. The summed E-state index contributed by atoms with van der Waals surface area (Å²) in [5, 5.41) is 13.3. The monoisotopic (exact) mass is 487 g/mol. The molecule has 8 heteroatoms. The van der Waals surface area contributed by atoms with Gasteiger partial charge < -0.3 is 15.0 Å². The van der Waals surface area contributed by atoms with Gasteiger partial charge in [-0.15, -0.1) is 0 Å². The standard InChI is InChI=1S/C29H25N7O/c1-2-19(15-31-8-1)28-24-14-27(34-25(24)7-11-33-28)29-23-13-18(3-4-26(23)35-36-29)20-12-22(17-32-16-20)37-21-5-9-30-10-6-21/h1-4,7-8,11-17,21,30,34H,5-6,9-10H2,(H,35,36). The van der Waals surface area contributed by atoms with Crippen LogP contribution in [0.5, 0.6) is 5.75 Å². The predicted molar refractivity (Wildman–Crippen MR) is 144 cm³/mol. The van der Waals surface area contributed by atoms with Crippen LogP contribution in [0.25, 0.3) is 55.6 Å². The summed E-state index contributed by atoms with van der Waals surface area (Å²) in [5.41, 5.74) is 7.71. The Morgan fingerprint density at radius 1 is 0.757 bits per heavy atom. The molecule has 0 amide bonds. The molecule has 0 saturated carbocycles. The summed E-state index contributed by atoms with van der Waals surface area (Å²) in [5.74, 6) is 0.808. The van der Waals surface area contributed by atoms with Crippen molar-refractivity contribution in [1.82, 2.24) is 35.5 Å². The van der Waals surface area contributed by atoms with Gasteiger partial charge in [0.2, 0.25) is 0 Å². The first kappa shape index (κ1) is 21.7. The molecule has 1 aromatic carbocycles. The molecule has 0 atom stereocenters. The van der Waals surface area contributed by atoms with Gasteiger partial charge in [0.05, 0.1) is 23.1 Å². The van der Waals surface area contributed by atoms with Crippen LogP contribution in [0.15, 0.2) is 79.5 Å². The zero-order valence-electron chi connectivity index (χ0n) is 20.1. The van der Waals surface area contributed by atoms with Crippen molar-refractivity contribution >= 4 is 21.8 Å². The van der Waals surface area contributed by atoms with Gasteiger partial charge >= 0.3 is 0 Å². The highest BCUT2D eigenvalue weighted by Gasteiger charge is 2.17. The number of aromatic nitrogens is 6. The summed E-state index contributed by atoms with van der Waals surface area (Å²) in [7, 11) is 0. The number of hydrogen-bond donors (Lipinski definition) is 3. The molecule has 0 aliphatic carbocycles. The van der Waals surface area contributed by atoms with E-state index in [1.54, 1.807) is 12.4 Å². The fourth-order valence-electron chi connectivity index (χ4n) is 5.06. The maximum atomic E-state index is 6.23. The van der Waals surface area contributed by atoms with Gasteiger partial charge in [0.1, 0.15) is 17.5 Å². The summed E-state index contributed by atoms with van der Waals surface area (Å²) in [6.45, 7) is 1.98. The molecule has 37 heavy (non-hydrogen) atoms. The van der Waals surface area contributed by atoms with Crippen molar-refractivity contribution in [1.29, 1.82) is 0 Å². The van der Waals surface area contributed by atoms with Crippen molar-refractivity contribution in [2.45, 2.75) is 18.9 Å². The van der Waals surface area contributed by atoms with Gasteiger partial charge in [0, 0.05) is 52.2 Å².